The van der Waals surface area contributed by atoms with Crippen molar-refractivity contribution in [1.82, 2.24) is 20.2 Å². The van der Waals surface area contributed by atoms with Crippen LogP contribution in [0.4, 0.5) is 0 Å². The highest BCUT2D eigenvalue weighted by Gasteiger charge is 2.35. The molecular weight excluding hydrogens is 268 g/mol. The standard InChI is InChI=1S/C15H18N4O2/c1-2-3-8-16-14(20)13-15(21)17-9-12-18-10-6-4-5-7-11(10)19(12)13/h4-7,13H,2-3,8-9H2,1H3,(H,16,20)(H,17,21). The Labute approximate surface area is 122 Å². The number of hydrogen-bond acceptors (Lipinski definition) is 3. The van der Waals surface area contributed by atoms with E-state index in [0.29, 0.717) is 18.9 Å². The predicted molar refractivity (Wildman–Crippen MR) is 78.5 cm³/mol. The molecule has 110 valence electrons. The molecule has 0 fully saturated rings. The SMILES string of the molecule is CCCCNC(=O)C1C(=O)NCc2nc3ccccc3n21. The molecule has 1 aromatic carbocycles. The van der Waals surface area contributed by atoms with E-state index in [9.17, 15) is 9.59 Å². The smallest absolute Gasteiger partial charge is 0.253 e. The molecule has 0 spiro atoms. The Morgan fingerprint density at radius 2 is 2.29 bits per heavy atom. The first-order chi connectivity index (χ1) is 10.2. The number of imidazole rings is 1. The van der Waals surface area contributed by atoms with Crippen LogP contribution in [0.25, 0.3) is 11.0 Å². The van der Waals surface area contributed by atoms with Gasteiger partial charge in [-0.3, -0.25) is 9.59 Å². The lowest BCUT2D eigenvalue weighted by atomic mass is 10.2. The molecular formula is C15H18N4O2. The minimum absolute atomic E-state index is 0.273. The van der Waals surface area contributed by atoms with Crippen molar-refractivity contribution >= 4 is 22.8 Å². The van der Waals surface area contributed by atoms with E-state index in [1.807, 2.05) is 24.3 Å². The summed E-state index contributed by atoms with van der Waals surface area (Å²) in [6.45, 7) is 2.99. The normalized spacial score (nSPS) is 17.4. The van der Waals surface area contributed by atoms with Crippen LogP contribution in [-0.4, -0.2) is 27.9 Å². The van der Waals surface area contributed by atoms with Crippen LogP contribution in [0.15, 0.2) is 24.3 Å². The quantitative estimate of drug-likeness (QED) is 0.653. The van der Waals surface area contributed by atoms with Crippen LogP contribution >= 0.6 is 0 Å². The summed E-state index contributed by atoms with van der Waals surface area (Å²) < 4.78 is 1.75. The first-order valence-corrected chi connectivity index (χ1v) is 7.23. The number of hydrogen-bond donors (Lipinski definition) is 2. The Hall–Kier alpha value is -2.37. The van der Waals surface area contributed by atoms with Crippen molar-refractivity contribution in [2.75, 3.05) is 6.54 Å². The van der Waals surface area contributed by atoms with Crippen LogP contribution < -0.4 is 10.6 Å². The molecule has 0 radical (unpaired) electrons. The van der Waals surface area contributed by atoms with Gasteiger partial charge in [-0.1, -0.05) is 25.5 Å². The topological polar surface area (TPSA) is 76.0 Å². The van der Waals surface area contributed by atoms with Gasteiger partial charge in [0.1, 0.15) is 5.82 Å². The highest BCUT2D eigenvalue weighted by Crippen LogP contribution is 2.24. The Kier molecular flexibility index (Phi) is 3.60. The van der Waals surface area contributed by atoms with E-state index in [4.69, 9.17) is 0 Å². The van der Waals surface area contributed by atoms with Crippen molar-refractivity contribution in [3.05, 3.63) is 30.1 Å². The van der Waals surface area contributed by atoms with Gasteiger partial charge in [-0.2, -0.15) is 0 Å². The number of unbranched alkanes of at least 4 members (excludes halogenated alkanes) is 1. The summed E-state index contributed by atoms with van der Waals surface area (Å²) in [5, 5.41) is 5.57. The van der Waals surface area contributed by atoms with Gasteiger partial charge in [-0.15, -0.1) is 0 Å². The van der Waals surface area contributed by atoms with Gasteiger partial charge in [0, 0.05) is 6.54 Å². The maximum atomic E-state index is 12.4. The third-order valence-electron chi connectivity index (χ3n) is 3.67. The number of aromatic nitrogens is 2. The van der Waals surface area contributed by atoms with Gasteiger partial charge in [-0.25, -0.2) is 4.98 Å². The molecule has 2 aromatic rings. The van der Waals surface area contributed by atoms with Gasteiger partial charge in [0.05, 0.1) is 17.6 Å². The zero-order valence-corrected chi connectivity index (χ0v) is 11.9. The molecule has 1 unspecified atom stereocenters. The Balaban J connectivity index is 1.98. The van der Waals surface area contributed by atoms with E-state index < -0.39 is 6.04 Å². The lowest BCUT2D eigenvalue weighted by molar-refractivity contribution is -0.135. The predicted octanol–water partition coefficient (Wildman–Crippen LogP) is 1.12. The molecule has 6 nitrogen and oxygen atoms in total. The van der Waals surface area contributed by atoms with E-state index in [2.05, 4.69) is 22.5 Å². The van der Waals surface area contributed by atoms with Crippen LogP contribution in [0.1, 0.15) is 31.6 Å². The molecule has 1 aliphatic rings. The van der Waals surface area contributed by atoms with E-state index in [1.165, 1.54) is 0 Å². The van der Waals surface area contributed by atoms with Gasteiger partial charge in [0.15, 0.2) is 6.04 Å². The number of fused-ring (bicyclic) bond motifs is 3. The summed E-state index contributed by atoms with van der Waals surface area (Å²) in [6, 6.07) is 6.68. The third kappa shape index (κ3) is 2.37. The average molecular weight is 286 g/mol. The van der Waals surface area contributed by atoms with Crippen molar-refractivity contribution < 1.29 is 9.59 Å². The molecule has 1 atom stereocenters. The third-order valence-corrected chi connectivity index (χ3v) is 3.67. The van der Waals surface area contributed by atoms with Gasteiger partial charge in [0.2, 0.25) is 0 Å². The lowest BCUT2D eigenvalue weighted by Crippen LogP contribution is -2.47. The highest BCUT2D eigenvalue weighted by atomic mass is 16.2. The first-order valence-electron chi connectivity index (χ1n) is 7.23. The summed E-state index contributed by atoms with van der Waals surface area (Å²) in [5.41, 5.74) is 1.62. The van der Waals surface area contributed by atoms with E-state index >= 15 is 0 Å². The van der Waals surface area contributed by atoms with Crippen molar-refractivity contribution in [2.45, 2.75) is 32.4 Å². The zero-order chi connectivity index (χ0) is 14.8. The summed E-state index contributed by atoms with van der Waals surface area (Å²) >= 11 is 0. The molecule has 0 saturated heterocycles. The number of rotatable bonds is 4. The maximum Gasteiger partial charge on any atom is 0.253 e. The molecule has 3 rings (SSSR count). The number of para-hydroxylation sites is 2. The lowest BCUT2D eigenvalue weighted by Gasteiger charge is -2.24. The number of nitrogens with zero attached hydrogens (tertiary/aromatic N) is 2. The molecule has 1 aromatic heterocycles. The van der Waals surface area contributed by atoms with Crippen LogP contribution in [0, 0.1) is 0 Å². The van der Waals surface area contributed by atoms with Crippen molar-refractivity contribution in [2.24, 2.45) is 0 Å². The van der Waals surface area contributed by atoms with Crippen molar-refractivity contribution in [3.8, 4) is 0 Å². The fraction of sp³-hybridized carbons (Fsp3) is 0.400. The Morgan fingerprint density at radius 3 is 3.10 bits per heavy atom. The second-order valence-electron chi connectivity index (χ2n) is 5.15. The van der Waals surface area contributed by atoms with Gasteiger partial charge in [0.25, 0.3) is 11.8 Å². The monoisotopic (exact) mass is 286 g/mol. The minimum Gasteiger partial charge on any atom is -0.354 e. The molecule has 0 aliphatic carbocycles. The number of carbonyl (C=O) groups excluding carboxylic acids is 2. The molecule has 2 heterocycles. The Bertz CT molecular complexity index is 692. The van der Waals surface area contributed by atoms with Crippen LogP contribution in [0.2, 0.25) is 0 Å². The van der Waals surface area contributed by atoms with Crippen molar-refractivity contribution in [3.63, 3.8) is 0 Å². The largest absolute Gasteiger partial charge is 0.354 e. The fourth-order valence-corrected chi connectivity index (χ4v) is 2.61. The molecule has 2 amide bonds. The van der Waals surface area contributed by atoms with E-state index in [1.54, 1.807) is 4.57 Å². The molecule has 21 heavy (non-hydrogen) atoms. The van der Waals surface area contributed by atoms with Crippen LogP contribution in [-0.2, 0) is 16.1 Å². The zero-order valence-electron chi connectivity index (χ0n) is 11.9. The van der Waals surface area contributed by atoms with E-state index in [-0.39, 0.29) is 11.8 Å². The van der Waals surface area contributed by atoms with Crippen LogP contribution in [0.5, 0.6) is 0 Å². The second kappa shape index (κ2) is 5.55. The fourth-order valence-electron chi connectivity index (χ4n) is 2.61. The molecule has 0 bridgehead atoms. The molecule has 0 saturated carbocycles. The summed E-state index contributed by atoms with van der Waals surface area (Å²) in [6.07, 6.45) is 1.90. The number of carbonyl (C=O) groups is 2. The summed E-state index contributed by atoms with van der Waals surface area (Å²) in [7, 11) is 0. The first kappa shape index (κ1) is 13.6. The second-order valence-corrected chi connectivity index (χ2v) is 5.15. The summed E-state index contributed by atoms with van der Waals surface area (Å²) in [4.78, 5) is 29.0. The van der Waals surface area contributed by atoms with Gasteiger partial charge in [-0.05, 0) is 18.6 Å². The van der Waals surface area contributed by atoms with Crippen LogP contribution in [0.3, 0.4) is 0 Å². The Morgan fingerprint density at radius 1 is 1.48 bits per heavy atom. The highest BCUT2D eigenvalue weighted by molar-refractivity contribution is 6.04. The number of amides is 2. The maximum absolute atomic E-state index is 12.4. The molecule has 6 heteroatoms. The van der Waals surface area contributed by atoms with E-state index in [0.717, 1.165) is 23.9 Å². The van der Waals surface area contributed by atoms with Gasteiger partial charge < -0.3 is 15.2 Å². The minimum atomic E-state index is -0.877. The van der Waals surface area contributed by atoms with Gasteiger partial charge >= 0.3 is 0 Å². The van der Waals surface area contributed by atoms with Crippen molar-refractivity contribution in [1.29, 1.82) is 0 Å². The number of benzene rings is 1. The number of nitrogens with one attached hydrogen (secondary N) is 2. The summed E-state index contributed by atoms with van der Waals surface area (Å²) in [5.74, 6) is 0.163. The molecule has 2 N–H and O–H groups in total. The molecule has 1 aliphatic heterocycles. The average Bonchev–Trinajstić information content (AvgIpc) is 2.86.